The van der Waals surface area contributed by atoms with Crippen LogP contribution in [0.5, 0.6) is 0 Å². The molecule has 0 rings (SSSR count). The first kappa shape index (κ1) is 18.4. The molecule has 7 heteroatoms. The SMILES string of the molecule is CC(C)(C)OC(=O)C(=O)NC[C@@H](N)C(=O)OC(C)(C)C. The lowest BCUT2D eigenvalue weighted by Crippen LogP contribution is -2.47. The Bertz CT molecular complexity index is 379. The predicted octanol–water partition coefficient (Wildman–Crippen LogP) is 0.113. The second-order valence-corrected chi connectivity index (χ2v) is 6.35. The van der Waals surface area contributed by atoms with Crippen molar-refractivity contribution in [3.8, 4) is 0 Å². The fraction of sp³-hybridized carbons (Fsp3) is 0.769. The van der Waals surface area contributed by atoms with Crippen LogP contribution in [-0.2, 0) is 23.9 Å². The van der Waals surface area contributed by atoms with Crippen molar-refractivity contribution in [3.63, 3.8) is 0 Å². The number of carbonyl (C=O) groups is 3. The van der Waals surface area contributed by atoms with E-state index in [4.69, 9.17) is 15.2 Å². The second kappa shape index (κ2) is 6.69. The monoisotopic (exact) mass is 288 g/mol. The zero-order chi connectivity index (χ0) is 16.1. The summed E-state index contributed by atoms with van der Waals surface area (Å²) in [5, 5.41) is 2.23. The molecule has 0 saturated carbocycles. The highest BCUT2D eigenvalue weighted by Gasteiger charge is 2.26. The van der Waals surface area contributed by atoms with E-state index in [9.17, 15) is 14.4 Å². The molecule has 0 aromatic carbocycles. The number of nitrogens with one attached hydrogen (secondary N) is 1. The van der Waals surface area contributed by atoms with Crippen LogP contribution in [0.25, 0.3) is 0 Å². The second-order valence-electron chi connectivity index (χ2n) is 6.35. The Labute approximate surface area is 119 Å². The Balaban J connectivity index is 4.25. The maximum Gasteiger partial charge on any atom is 0.397 e. The van der Waals surface area contributed by atoms with Gasteiger partial charge in [0.25, 0.3) is 0 Å². The Morgan fingerprint density at radius 3 is 1.85 bits per heavy atom. The summed E-state index contributed by atoms with van der Waals surface area (Å²) in [6.07, 6.45) is 0. The van der Waals surface area contributed by atoms with Crippen molar-refractivity contribution in [3.05, 3.63) is 0 Å². The van der Waals surface area contributed by atoms with E-state index in [1.54, 1.807) is 41.5 Å². The number of rotatable bonds is 3. The van der Waals surface area contributed by atoms with Crippen molar-refractivity contribution < 1.29 is 23.9 Å². The maximum absolute atomic E-state index is 11.6. The van der Waals surface area contributed by atoms with Crippen molar-refractivity contribution in [1.29, 1.82) is 0 Å². The fourth-order valence-electron chi connectivity index (χ4n) is 1.06. The molecule has 0 saturated heterocycles. The number of amides is 1. The van der Waals surface area contributed by atoms with Crippen molar-refractivity contribution in [1.82, 2.24) is 5.32 Å². The largest absolute Gasteiger partial charge is 0.459 e. The smallest absolute Gasteiger partial charge is 0.397 e. The zero-order valence-electron chi connectivity index (χ0n) is 12.9. The van der Waals surface area contributed by atoms with E-state index in [1.165, 1.54) is 0 Å². The summed E-state index contributed by atoms with van der Waals surface area (Å²) in [5.41, 5.74) is 4.13. The van der Waals surface area contributed by atoms with Gasteiger partial charge >= 0.3 is 17.8 Å². The molecule has 0 spiro atoms. The van der Waals surface area contributed by atoms with Crippen LogP contribution in [0.2, 0.25) is 0 Å². The highest BCUT2D eigenvalue weighted by molar-refractivity contribution is 6.32. The molecular weight excluding hydrogens is 264 g/mol. The molecular formula is C13H24N2O5. The third kappa shape index (κ3) is 8.47. The lowest BCUT2D eigenvalue weighted by atomic mass is 10.2. The van der Waals surface area contributed by atoms with Crippen molar-refractivity contribution in [2.45, 2.75) is 58.8 Å². The molecule has 1 atom stereocenters. The molecule has 0 aliphatic rings. The molecule has 3 N–H and O–H groups in total. The van der Waals surface area contributed by atoms with Gasteiger partial charge in [0.15, 0.2) is 0 Å². The molecule has 1 amide bonds. The molecule has 0 heterocycles. The number of hydrogen-bond donors (Lipinski definition) is 2. The molecule has 0 radical (unpaired) electrons. The van der Waals surface area contributed by atoms with Crippen LogP contribution in [0, 0.1) is 0 Å². The first-order chi connectivity index (χ1) is 8.82. The Morgan fingerprint density at radius 2 is 1.45 bits per heavy atom. The highest BCUT2D eigenvalue weighted by atomic mass is 16.6. The third-order valence-electron chi connectivity index (χ3n) is 1.78. The number of carbonyl (C=O) groups excluding carboxylic acids is 3. The average Bonchev–Trinajstić information content (AvgIpc) is 2.20. The van der Waals surface area contributed by atoms with Crippen molar-refractivity contribution in [2.24, 2.45) is 5.73 Å². The fourth-order valence-corrected chi connectivity index (χ4v) is 1.06. The minimum atomic E-state index is -1.04. The van der Waals surface area contributed by atoms with Crippen molar-refractivity contribution in [2.75, 3.05) is 6.54 Å². The van der Waals surface area contributed by atoms with Gasteiger partial charge in [-0.3, -0.25) is 9.59 Å². The van der Waals surface area contributed by atoms with Gasteiger partial charge in [-0.05, 0) is 41.5 Å². The highest BCUT2D eigenvalue weighted by Crippen LogP contribution is 2.08. The van der Waals surface area contributed by atoms with Crippen LogP contribution in [0.4, 0.5) is 0 Å². The molecule has 0 aromatic heterocycles. The standard InChI is InChI=1S/C13H24N2O5/c1-12(2,3)19-10(17)8(14)7-15-9(16)11(18)20-13(4,5)6/h8H,7,14H2,1-6H3,(H,15,16)/t8-/m1/s1. The summed E-state index contributed by atoms with van der Waals surface area (Å²) in [7, 11) is 0. The Kier molecular flexibility index (Phi) is 6.15. The van der Waals surface area contributed by atoms with Gasteiger partial charge in [0.05, 0.1) is 0 Å². The zero-order valence-corrected chi connectivity index (χ0v) is 12.9. The van der Waals surface area contributed by atoms with Gasteiger partial charge in [0.1, 0.15) is 17.2 Å². The van der Waals surface area contributed by atoms with Gasteiger partial charge in [-0.15, -0.1) is 0 Å². The van der Waals surface area contributed by atoms with E-state index in [2.05, 4.69) is 5.32 Å². The molecule has 0 aromatic rings. The molecule has 0 fully saturated rings. The normalized spacial score (nSPS) is 13.3. The molecule has 0 aliphatic heterocycles. The summed E-state index contributed by atoms with van der Waals surface area (Å²) in [4.78, 5) is 34.4. The van der Waals surface area contributed by atoms with E-state index < -0.39 is 35.1 Å². The minimum Gasteiger partial charge on any atom is -0.459 e. The third-order valence-corrected chi connectivity index (χ3v) is 1.78. The summed E-state index contributed by atoms with van der Waals surface area (Å²) >= 11 is 0. The van der Waals surface area contributed by atoms with E-state index in [-0.39, 0.29) is 6.54 Å². The first-order valence-electron chi connectivity index (χ1n) is 6.31. The van der Waals surface area contributed by atoms with E-state index in [1.807, 2.05) is 0 Å². The van der Waals surface area contributed by atoms with Crippen LogP contribution >= 0.6 is 0 Å². The number of ether oxygens (including phenoxy) is 2. The molecule has 7 nitrogen and oxygen atoms in total. The lowest BCUT2D eigenvalue weighted by molar-refractivity contribution is -0.164. The lowest BCUT2D eigenvalue weighted by Gasteiger charge is -2.22. The molecule has 0 aliphatic carbocycles. The van der Waals surface area contributed by atoms with Crippen LogP contribution in [-0.4, -0.2) is 41.6 Å². The van der Waals surface area contributed by atoms with Crippen LogP contribution in [0.3, 0.4) is 0 Å². The van der Waals surface area contributed by atoms with Crippen molar-refractivity contribution >= 4 is 17.8 Å². The predicted molar refractivity (Wildman–Crippen MR) is 72.7 cm³/mol. The first-order valence-corrected chi connectivity index (χ1v) is 6.31. The summed E-state index contributed by atoms with van der Waals surface area (Å²) in [6.45, 7) is 9.84. The maximum atomic E-state index is 11.6. The number of hydrogen-bond acceptors (Lipinski definition) is 6. The minimum absolute atomic E-state index is 0.201. The summed E-state index contributed by atoms with van der Waals surface area (Å²) in [5.74, 6) is -2.62. The molecule has 20 heavy (non-hydrogen) atoms. The molecule has 0 bridgehead atoms. The van der Waals surface area contributed by atoms with Crippen LogP contribution in [0.15, 0.2) is 0 Å². The van der Waals surface area contributed by atoms with Gasteiger partial charge in [-0.1, -0.05) is 0 Å². The van der Waals surface area contributed by atoms with Gasteiger partial charge in [0, 0.05) is 6.54 Å². The quantitative estimate of drug-likeness (QED) is 0.564. The van der Waals surface area contributed by atoms with Gasteiger partial charge in [-0.2, -0.15) is 0 Å². The molecule has 116 valence electrons. The number of esters is 2. The molecule has 0 unspecified atom stereocenters. The van der Waals surface area contributed by atoms with E-state index in [0.29, 0.717) is 0 Å². The van der Waals surface area contributed by atoms with E-state index >= 15 is 0 Å². The van der Waals surface area contributed by atoms with Gasteiger partial charge < -0.3 is 20.5 Å². The number of nitrogens with two attached hydrogens (primary N) is 1. The summed E-state index contributed by atoms with van der Waals surface area (Å²) < 4.78 is 9.91. The van der Waals surface area contributed by atoms with Gasteiger partial charge in [0.2, 0.25) is 0 Å². The topological polar surface area (TPSA) is 108 Å². The Morgan fingerprint density at radius 1 is 1.00 bits per heavy atom. The van der Waals surface area contributed by atoms with Crippen LogP contribution < -0.4 is 11.1 Å². The van der Waals surface area contributed by atoms with Gasteiger partial charge in [-0.25, -0.2) is 4.79 Å². The van der Waals surface area contributed by atoms with E-state index in [0.717, 1.165) is 0 Å². The average molecular weight is 288 g/mol. The van der Waals surface area contributed by atoms with Crippen LogP contribution in [0.1, 0.15) is 41.5 Å². The summed E-state index contributed by atoms with van der Waals surface area (Å²) in [6, 6.07) is -1.04. The Hall–Kier alpha value is -1.63.